The lowest BCUT2D eigenvalue weighted by molar-refractivity contribution is 0.414. The third kappa shape index (κ3) is 2.47. The summed E-state index contributed by atoms with van der Waals surface area (Å²) in [5.41, 5.74) is 2.35. The number of methoxy groups -OCH3 is 1. The maximum Gasteiger partial charge on any atom is 0.120 e. The van der Waals surface area contributed by atoms with Crippen LogP contribution in [-0.2, 0) is 0 Å². The first kappa shape index (κ1) is 13.9. The molecule has 0 N–H and O–H groups in total. The minimum atomic E-state index is -1.48. The zero-order chi connectivity index (χ0) is 15.0. The van der Waals surface area contributed by atoms with E-state index < -0.39 is 8.07 Å². The Morgan fingerprint density at radius 3 is 2.62 bits per heavy atom. The molecule has 2 aromatic heterocycles. The SMILES string of the molecule is COc1cccc(-n2c([Si](C)(C)C)cc3cnccc32)c1. The molecule has 0 amide bonds. The molecular weight excluding hydrogens is 276 g/mol. The van der Waals surface area contributed by atoms with E-state index in [0.29, 0.717) is 0 Å². The molecule has 0 bridgehead atoms. The molecule has 3 aromatic rings. The van der Waals surface area contributed by atoms with Gasteiger partial charge in [-0.1, -0.05) is 25.7 Å². The summed E-state index contributed by atoms with van der Waals surface area (Å²) in [6.45, 7) is 7.10. The fraction of sp³-hybridized carbons (Fsp3) is 0.235. The first-order valence-electron chi connectivity index (χ1n) is 7.11. The summed E-state index contributed by atoms with van der Waals surface area (Å²) in [6, 6.07) is 12.6. The van der Waals surface area contributed by atoms with E-state index in [-0.39, 0.29) is 0 Å². The number of hydrogen-bond acceptors (Lipinski definition) is 2. The summed E-state index contributed by atoms with van der Waals surface area (Å²) in [5.74, 6) is 0.880. The van der Waals surface area contributed by atoms with Crippen LogP contribution in [0.2, 0.25) is 19.6 Å². The van der Waals surface area contributed by atoms with E-state index in [9.17, 15) is 0 Å². The molecule has 4 heteroatoms. The van der Waals surface area contributed by atoms with Gasteiger partial charge >= 0.3 is 0 Å². The zero-order valence-corrected chi connectivity index (χ0v) is 13.9. The van der Waals surface area contributed by atoms with Gasteiger partial charge in [-0.25, -0.2) is 0 Å². The van der Waals surface area contributed by atoms with E-state index >= 15 is 0 Å². The first-order chi connectivity index (χ1) is 10.0. The second-order valence-electron chi connectivity index (χ2n) is 6.25. The summed E-state index contributed by atoms with van der Waals surface area (Å²) in [4.78, 5) is 4.25. The maximum absolute atomic E-state index is 5.38. The normalized spacial score (nSPS) is 11.8. The number of aromatic nitrogens is 2. The number of rotatable bonds is 3. The van der Waals surface area contributed by atoms with Gasteiger partial charge in [-0.2, -0.15) is 0 Å². The molecule has 0 aliphatic rings. The number of fused-ring (bicyclic) bond motifs is 1. The van der Waals surface area contributed by atoms with Crippen molar-refractivity contribution in [1.29, 1.82) is 0 Å². The molecule has 21 heavy (non-hydrogen) atoms. The molecule has 1 aromatic carbocycles. The largest absolute Gasteiger partial charge is 0.497 e. The molecular formula is C17H20N2OSi. The highest BCUT2D eigenvalue weighted by atomic mass is 28.3. The van der Waals surface area contributed by atoms with Crippen LogP contribution in [0.4, 0.5) is 0 Å². The van der Waals surface area contributed by atoms with E-state index in [1.54, 1.807) is 7.11 Å². The fourth-order valence-corrected chi connectivity index (χ4v) is 4.14. The first-order valence-corrected chi connectivity index (χ1v) is 10.6. The maximum atomic E-state index is 5.38. The molecule has 0 fully saturated rings. The number of nitrogens with zero attached hydrogens (tertiary/aromatic N) is 2. The Labute approximate surface area is 126 Å². The van der Waals surface area contributed by atoms with Crippen LogP contribution in [0.5, 0.6) is 5.75 Å². The average Bonchev–Trinajstić information content (AvgIpc) is 2.87. The molecule has 3 nitrogen and oxygen atoms in total. The molecule has 3 rings (SSSR count). The smallest absolute Gasteiger partial charge is 0.120 e. The van der Waals surface area contributed by atoms with E-state index in [0.717, 1.165) is 11.4 Å². The Kier molecular flexibility index (Phi) is 3.33. The van der Waals surface area contributed by atoms with Gasteiger partial charge in [0.1, 0.15) is 5.75 Å². The van der Waals surface area contributed by atoms with E-state index in [4.69, 9.17) is 4.74 Å². The fourth-order valence-electron chi connectivity index (χ4n) is 2.64. The predicted octanol–water partition coefficient (Wildman–Crippen LogP) is 3.58. The Morgan fingerprint density at radius 2 is 1.90 bits per heavy atom. The van der Waals surface area contributed by atoms with Crippen LogP contribution in [-0.4, -0.2) is 24.7 Å². The third-order valence-corrected chi connectivity index (χ3v) is 5.59. The molecule has 2 heterocycles. The van der Waals surface area contributed by atoms with Crippen molar-refractivity contribution in [2.24, 2.45) is 0 Å². The van der Waals surface area contributed by atoms with Gasteiger partial charge in [0.25, 0.3) is 0 Å². The van der Waals surface area contributed by atoms with Crippen LogP contribution in [0.25, 0.3) is 16.6 Å². The average molecular weight is 296 g/mol. The van der Waals surface area contributed by atoms with Crippen molar-refractivity contribution in [1.82, 2.24) is 9.55 Å². The van der Waals surface area contributed by atoms with Gasteiger partial charge in [-0.3, -0.25) is 4.98 Å². The van der Waals surface area contributed by atoms with Crippen molar-refractivity contribution >= 4 is 24.3 Å². The second kappa shape index (κ2) is 5.04. The van der Waals surface area contributed by atoms with Gasteiger partial charge in [0.2, 0.25) is 0 Å². The lowest BCUT2D eigenvalue weighted by Crippen LogP contribution is -2.42. The highest BCUT2D eigenvalue weighted by molar-refractivity contribution is 6.88. The summed E-state index contributed by atoms with van der Waals surface area (Å²) >= 11 is 0. The lowest BCUT2D eigenvalue weighted by Gasteiger charge is -2.20. The molecule has 0 aliphatic carbocycles. The van der Waals surface area contributed by atoms with Crippen molar-refractivity contribution in [3.8, 4) is 11.4 Å². The van der Waals surface area contributed by atoms with Crippen LogP contribution >= 0.6 is 0 Å². The Balaban J connectivity index is 2.33. The highest BCUT2D eigenvalue weighted by Gasteiger charge is 2.23. The molecule has 0 spiro atoms. The third-order valence-electron chi connectivity index (χ3n) is 3.68. The predicted molar refractivity (Wildman–Crippen MR) is 90.6 cm³/mol. The van der Waals surface area contributed by atoms with Crippen molar-refractivity contribution in [3.05, 3.63) is 48.8 Å². The summed E-state index contributed by atoms with van der Waals surface area (Å²) in [5, 5.41) is 2.59. The van der Waals surface area contributed by atoms with Crippen molar-refractivity contribution < 1.29 is 4.74 Å². The Hall–Kier alpha value is -2.07. The number of benzene rings is 1. The molecule has 0 radical (unpaired) electrons. The molecule has 0 saturated carbocycles. The molecule has 0 unspecified atom stereocenters. The topological polar surface area (TPSA) is 27.1 Å². The number of hydrogen-bond donors (Lipinski definition) is 0. The van der Waals surface area contributed by atoms with Gasteiger partial charge in [0.15, 0.2) is 0 Å². The Bertz CT molecular complexity index is 787. The van der Waals surface area contributed by atoms with E-state index in [1.165, 1.54) is 16.2 Å². The quantitative estimate of drug-likeness (QED) is 0.691. The minimum Gasteiger partial charge on any atom is -0.497 e. The molecule has 0 aliphatic heterocycles. The number of ether oxygens (including phenoxy) is 1. The molecule has 0 atom stereocenters. The van der Waals surface area contributed by atoms with Crippen LogP contribution in [0.1, 0.15) is 0 Å². The second-order valence-corrected chi connectivity index (χ2v) is 11.3. The Morgan fingerprint density at radius 1 is 1.10 bits per heavy atom. The van der Waals surface area contributed by atoms with Crippen LogP contribution in [0.15, 0.2) is 48.8 Å². The molecule has 0 saturated heterocycles. The molecule has 108 valence electrons. The standard InChI is InChI=1S/C17H20N2OSi/c1-20-15-7-5-6-14(11-15)19-16-8-9-18-12-13(16)10-17(19)21(2,3)4/h5-12H,1-4H3. The van der Waals surface area contributed by atoms with Crippen LogP contribution in [0.3, 0.4) is 0 Å². The van der Waals surface area contributed by atoms with Crippen LogP contribution in [0, 0.1) is 0 Å². The van der Waals surface area contributed by atoms with Gasteiger partial charge in [0.05, 0.1) is 20.7 Å². The van der Waals surface area contributed by atoms with Crippen molar-refractivity contribution in [3.63, 3.8) is 0 Å². The van der Waals surface area contributed by atoms with Crippen LogP contribution < -0.4 is 10.1 Å². The summed E-state index contributed by atoms with van der Waals surface area (Å²) in [6.07, 6.45) is 3.79. The lowest BCUT2D eigenvalue weighted by atomic mass is 10.3. The van der Waals surface area contributed by atoms with E-state index in [1.807, 2.05) is 24.5 Å². The summed E-state index contributed by atoms with van der Waals surface area (Å²) < 4.78 is 7.73. The zero-order valence-electron chi connectivity index (χ0n) is 12.9. The highest BCUT2D eigenvalue weighted by Crippen LogP contribution is 2.23. The number of pyridine rings is 1. The van der Waals surface area contributed by atoms with Crippen molar-refractivity contribution in [2.45, 2.75) is 19.6 Å². The van der Waals surface area contributed by atoms with Gasteiger partial charge in [0, 0.05) is 34.9 Å². The monoisotopic (exact) mass is 296 g/mol. The van der Waals surface area contributed by atoms with Gasteiger partial charge in [-0.05, 0) is 24.3 Å². The summed E-state index contributed by atoms with van der Waals surface area (Å²) in [7, 11) is 0.228. The van der Waals surface area contributed by atoms with Gasteiger partial charge < -0.3 is 9.30 Å². The van der Waals surface area contributed by atoms with Crippen molar-refractivity contribution in [2.75, 3.05) is 7.11 Å². The van der Waals surface area contributed by atoms with E-state index in [2.05, 4.69) is 53.5 Å². The minimum absolute atomic E-state index is 0.880. The van der Waals surface area contributed by atoms with Gasteiger partial charge in [-0.15, -0.1) is 0 Å².